The van der Waals surface area contributed by atoms with Crippen LogP contribution in [0.1, 0.15) is 15.5 Å². The Balaban J connectivity index is 1.57. The number of hydrogen-bond acceptors (Lipinski definition) is 4. The van der Waals surface area contributed by atoms with Crippen LogP contribution in [-0.2, 0) is 0 Å². The summed E-state index contributed by atoms with van der Waals surface area (Å²) in [6.07, 6.45) is 1.71. The summed E-state index contributed by atoms with van der Waals surface area (Å²) in [4.78, 5) is 16.9. The van der Waals surface area contributed by atoms with E-state index in [0.717, 1.165) is 20.9 Å². The van der Waals surface area contributed by atoms with Crippen LogP contribution in [0.25, 0.3) is 15.9 Å². The van der Waals surface area contributed by atoms with Gasteiger partial charge in [0.2, 0.25) is 0 Å². The minimum atomic E-state index is -0.272. The van der Waals surface area contributed by atoms with Crippen molar-refractivity contribution in [2.45, 2.75) is 6.92 Å². The number of fused-ring (bicyclic) bond motifs is 1. The molecule has 7 heteroatoms. The van der Waals surface area contributed by atoms with Crippen LogP contribution in [0, 0.1) is 6.92 Å². The Labute approximate surface area is 152 Å². The van der Waals surface area contributed by atoms with Crippen molar-refractivity contribution < 1.29 is 4.79 Å². The Hall–Kier alpha value is -2.70. The lowest BCUT2D eigenvalue weighted by Gasteiger charge is -2.04. The van der Waals surface area contributed by atoms with Crippen molar-refractivity contribution in [2.24, 2.45) is 0 Å². The number of rotatable bonds is 3. The van der Waals surface area contributed by atoms with Crippen LogP contribution in [0.4, 0.5) is 5.69 Å². The smallest absolute Gasteiger partial charge is 0.276 e. The van der Waals surface area contributed by atoms with Gasteiger partial charge >= 0.3 is 0 Å². The number of benzene rings is 2. The normalized spacial score (nSPS) is 11.0. The van der Waals surface area contributed by atoms with Crippen LogP contribution >= 0.6 is 22.9 Å². The van der Waals surface area contributed by atoms with E-state index in [1.165, 1.54) is 0 Å². The van der Waals surface area contributed by atoms with E-state index in [1.807, 2.05) is 43.3 Å². The van der Waals surface area contributed by atoms with Crippen LogP contribution in [0.3, 0.4) is 0 Å². The third kappa shape index (κ3) is 3.14. The van der Waals surface area contributed by atoms with E-state index >= 15 is 0 Å². The summed E-state index contributed by atoms with van der Waals surface area (Å²) in [7, 11) is 0. The first-order chi connectivity index (χ1) is 12.1. The quantitative estimate of drug-likeness (QED) is 0.570. The van der Waals surface area contributed by atoms with E-state index in [1.54, 1.807) is 34.3 Å². The lowest BCUT2D eigenvalue weighted by Crippen LogP contribution is -2.13. The van der Waals surface area contributed by atoms with Crippen molar-refractivity contribution in [3.8, 4) is 5.69 Å². The molecule has 25 heavy (non-hydrogen) atoms. The highest BCUT2D eigenvalue weighted by Crippen LogP contribution is 2.25. The van der Waals surface area contributed by atoms with E-state index in [2.05, 4.69) is 15.4 Å². The van der Waals surface area contributed by atoms with E-state index in [-0.39, 0.29) is 5.91 Å². The Morgan fingerprint density at radius 1 is 1.20 bits per heavy atom. The SMILES string of the molecule is Cc1nc2ccc(NC(=O)c3ccn(-c4ccccc4Cl)n3)cc2s1. The zero-order valence-corrected chi connectivity index (χ0v) is 14.8. The summed E-state index contributed by atoms with van der Waals surface area (Å²) >= 11 is 7.76. The van der Waals surface area contributed by atoms with Crippen LogP contribution in [0.15, 0.2) is 54.7 Å². The molecule has 4 rings (SSSR count). The predicted molar refractivity (Wildman–Crippen MR) is 101 cm³/mol. The number of amides is 1. The van der Waals surface area contributed by atoms with Gasteiger partial charge in [0.15, 0.2) is 5.69 Å². The minimum Gasteiger partial charge on any atom is -0.321 e. The zero-order valence-electron chi connectivity index (χ0n) is 13.2. The molecule has 0 saturated carbocycles. The minimum absolute atomic E-state index is 0.272. The van der Waals surface area contributed by atoms with Gasteiger partial charge in [-0.25, -0.2) is 9.67 Å². The molecular formula is C18H13ClN4OS. The van der Waals surface area contributed by atoms with Gasteiger partial charge in [0.25, 0.3) is 5.91 Å². The first-order valence-electron chi connectivity index (χ1n) is 7.59. The largest absolute Gasteiger partial charge is 0.321 e. The second-order valence-corrected chi connectivity index (χ2v) is 7.11. The lowest BCUT2D eigenvalue weighted by atomic mass is 10.3. The van der Waals surface area contributed by atoms with Gasteiger partial charge in [-0.05, 0) is 43.3 Å². The zero-order chi connectivity index (χ0) is 17.4. The Morgan fingerprint density at radius 3 is 2.88 bits per heavy atom. The molecule has 2 aromatic carbocycles. The lowest BCUT2D eigenvalue weighted by molar-refractivity contribution is 0.102. The number of thiazole rings is 1. The molecule has 0 saturated heterocycles. The second kappa shape index (κ2) is 6.31. The van der Waals surface area contributed by atoms with Crippen molar-refractivity contribution in [3.63, 3.8) is 0 Å². The van der Waals surface area contributed by atoms with Crippen LogP contribution in [0.5, 0.6) is 0 Å². The molecule has 0 aliphatic rings. The molecule has 2 aromatic heterocycles. The predicted octanol–water partition coefficient (Wildman–Crippen LogP) is 4.70. The fourth-order valence-electron chi connectivity index (χ4n) is 2.53. The Bertz CT molecular complexity index is 1090. The maximum Gasteiger partial charge on any atom is 0.276 e. The number of carbonyl (C=O) groups is 1. The van der Waals surface area contributed by atoms with Gasteiger partial charge < -0.3 is 5.32 Å². The summed E-state index contributed by atoms with van der Waals surface area (Å²) in [5, 5.41) is 8.75. The molecule has 5 nitrogen and oxygen atoms in total. The number of aromatic nitrogens is 3. The van der Waals surface area contributed by atoms with E-state index in [0.29, 0.717) is 16.4 Å². The third-order valence-corrected chi connectivity index (χ3v) is 4.93. The molecule has 0 fully saturated rings. The number of hydrogen-bond donors (Lipinski definition) is 1. The highest BCUT2D eigenvalue weighted by atomic mass is 35.5. The molecule has 1 amide bonds. The van der Waals surface area contributed by atoms with Gasteiger partial charge in [0, 0.05) is 11.9 Å². The standard InChI is InChI=1S/C18H13ClN4OS/c1-11-20-14-7-6-12(10-17(14)25-11)21-18(24)15-8-9-23(22-15)16-5-3-2-4-13(16)19/h2-10H,1H3,(H,21,24). The first kappa shape index (κ1) is 15.8. The Morgan fingerprint density at radius 2 is 2.04 bits per heavy atom. The monoisotopic (exact) mass is 368 g/mol. The first-order valence-corrected chi connectivity index (χ1v) is 8.79. The number of para-hydroxylation sites is 1. The molecule has 2 heterocycles. The summed E-state index contributed by atoms with van der Waals surface area (Å²) in [6, 6.07) is 14.7. The van der Waals surface area contributed by atoms with Crippen LogP contribution in [0.2, 0.25) is 5.02 Å². The molecule has 0 spiro atoms. The topological polar surface area (TPSA) is 59.8 Å². The van der Waals surface area contributed by atoms with E-state index < -0.39 is 0 Å². The summed E-state index contributed by atoms with van der Waals surface area (Å²) in [5.74, 6) is -0.272. The van der Waals surface area contributed by atoms with Gasteiger partial charge in [-0.1, -0.05) is 23.7 Å². The van der Waals surface area contributed by atoms with E-state index in [4.69, 9.17) is 11.6 Å². The molecule has 0 aliphatic heterocycles. The summed E-state index contributed by atoms with van der Waals surface area (Å²) < 4.78 is 2.63. The van der Waals surface area contributed by atoms with Crippen molar-refractivity contribution in [1.82, 2.24) is 14.8 Å². The van der Waals surface area contributed by atoms with Crippen LogP contribution in [-0.4, -0.2) is 20.7 Å². The summed E-state index contributed by atoms with van der Waals surface area (Å²) in [6.45, 7) is 1.96. The maximum atomic E-state index is 12.5. The molecule has 0 aliphatic carbocycles. The van der Waals surface area contributed by atoms with Gasteiger partial charge in [0.05, 0.1) is 25.9 Å². The molecule has 0 atom stereocenters. The fourth-order valence-corrected chi connectivity index (χ4v) is 3.62. The highest BCUT2D eigenvalue weighted by Gasteiger charge is 2.12. The van der Waals surface area contributed by atoms with Crippen molar-refractivity contribution in [2.75, 3.05) is 5.32 Å². The van der Waals surface area contributed by atoms with Gasteiger partial charge in [0.1, 0.15) is 0 Å². The number of anilines is 1. The van der Waals surface area contributed by atoms with Crippen molar-refractivity contribution in [1.29, 1.82) is 0 Å². The number of aryl methyl sites for hydroxylation is 1. The van der Waals surface area contributed by atoms with Crippen molar-refractivity contribution in [3.05, 3.63) is 70.5 Å². The summed E-state index contributed by atoms with van der Waals surface area (Å²) in [5.41, 5.74) is 2.70. The molecule has 124 valence electrons. The fraction of sp³-hybridized carbons (Fsp3) is 0.0556. The molecule has 1 N–H and O–H groups in total. The van der Waals surface area contributed by atoms with Gasteiger partial charge in [-0.2, -0.15) is 5.10 Å². The molecule has 0 unspecified atom stereocenters. The number of nitrogens with one attached hydrogen (secondary N) is 1. The molecule has 0 radical (unpaired) electrons. The highest BCUT2D eigenvalue weighted by molar-refractivity contribution is 7.18. The van der Waals surface area contributed by atoms with Gasteiger partial charge in [-0.3, -0.25) is 4.79 Å². The third-order valence-electron chi connectivity index (χ3n) is 3.67. The average molecular weight is 369 g/mol. The van der Waals surface area contributed by atoms with E-state index in [9.17, 15) is 4.79 Å². The molecular weight excluding hydrogens is 356 g/mol. The molecule has 0 bridgehead atoms. The second-order valence-electron chi connectivity index (χ2n) is 5.47. The van der Waals surface area contributed by atoms with Crippen LogP contribution < -0.4 is 5.32 Å². The molecule has 4 aromatic rings. The maximum absolute atomic E-state index is 12.5. The number of halogens is 1. The average Bonchev–Trinajstić information content (AvgIpc) is 3.20. The Kier molecular flexibility index (Phi) is 3.99. The number of nitrogens with zero attached hydrogens (tertiary/aromatic N) is 3. The van der Waals surface area contributed by atoms with Gasteiger partial charge in [-0.15, -0.1) is 11.3 Å². The number of carbonyl (C=O) groups excluding carboxylic acids is 1. The van der Waals surface area contributed by atoms with Crippen molar-refractivity contribution >= 4 is 44.7 Å².